The van der Waals surface area contributed by atoms with Gasteiger partial charge in [0.15, 0.2) is 5.75 Å². The van der Waals surface area contributed by atoms with Crippen molar-refractivity contribution in [2.45, 2.75) is 9.79 Å². The number of phenolic OH excluding ortho intramolecular Hbond substituents is 1. The smallest absolute Gasteiger partial charge is 0.298 e. The minimum absolute atomic E-state index is 0.00702. The second-order valence-corrected chi connectivity index (χ2v) is 9.41. The predicted molar refractivity (Wildman–Crippen MR) is 113 cm³/mol. The average molecular weight is 458 g/mol. The summed E-state index contributed by atoms with van der Waals surface area (Å²) in [4.78, 5) is -1.37. The number of azo groups is 1. The highest BCUT2D eigenvalue weighted by molar-refractivity contribution is 7.86. The molecule has 11 heteroatoms. The minimum Gasteiger partial charge on any atom is -0.504 e. The van der Waals surface area contributed by atoms with Gasteiger partial charge in [0.05, 0.1) is 10.6 Å². The summed E-state index contributed by atoms with van der Waals surface area (Å²) in [6.45, 7) is 0. The lowest BCUT2D eigenvalue weighted by atomic mass is 10.1. The van der Waals surface area contributed by atoms with Crippen LogP contribution in [-0.4, -0.2) is 31.0 Å². The lowest BCUT2D eigenvalue weighted by Gasteiger charge is -2.10. The third-order valence-corrected chi connectivity index (χ3v) is 6.34. The Morgan fingerprint density at radius 3 is 2.10 bits per heavy atom. The maximum atomic E-state index is 11.7. The summed E-state index contributed by atoms with van der Waals surface area (Å²) >= 11 is 0. The molecule has 0 heterocycles. The Kier molecular flexibility index (Phi) is 4.98. The lowest BCUT2D eigenvalue weighted by molar-refractivity contribution is 0.445. The molecule has 158 valence electrons. The summed E-state index contributed by atoms with van der Waals surface area (Å²) in [5.74, 6) is -0.849. The highest BCUT2D eigenvalue weighted by atomic mass is 32.2. The molecule has 0 aliphatic heterocycles. The molecule has 0 unspecified atom stereocenters. The highest BCUT2D eigenvalue weighted by Crippen LogP contribution is 2.42. The minimum atomic E-state index is -4.88. The quantitative estimate of drug-likeness (QED) is 0.298. The maximum absolute atomic E-state index is 11.7. The summed E-state index contributed by atoms with van der Waals surface area (Å²) in [6, 6.07) is 16.8. The van der Waals surface area contributed by atoms with Gasteiger partial charge in [-0.15, -0.1) is 10.2 Å². The van der Waals surface area contributed by atoms with Crippen molar-refractivity contribution in [3.8, 4) is 5.75 Å². The fourth-order valence-electron chi connectivity index (χ4n) is 3.19. The molecule has 0 aliphatic carbocycles. The van der Waals surface area contributed by atoms with Gasteiger partial charge in [-0.1, -0.05) is 42.5 Å². The summed E-state index contributed by atoms with van der Waals surface area (Å²) < 4.78 is 65.1. The topological polar surface area (TPSA) is 154 Å². The molecule has 0 aromatic heterocycles. The maximum Gasteiger partial charge on any atom is 0.298 e. The summed E-state index contributed by atoms with van der Waals surface area (Å²) in [7, 11) is -9.45. The Labute approximate surface area is 176 Å². The van der Waals surface area contributed by atoms with Gasteiger partial charge in [-0.3, -0.25) is 9.11 Å². The van der Waals surface area contributed by atoms with Gasteiger partial charge in [0.25, 0.3) is 20.2 Å². The van der Waals surface area contributed by atoms with Gasteiger partial charge >= 0.3 is 0 Å². The first-order valence-electron chi connectivity index (χ1n) is 8.70. The molecule has 0 atom stereocenters. The van der Waals surface area contributed by atoms with E-state index in [1.807, 2.05) is 30.3 Å². The molecule has 0 saturated carbocycles. The van der Waals surface area contributed by atoms with E-state index in [0.29, 0.717) is 5.69 Å². The molecule has 0 spiro atoms. The van der Waals surface area contributed by atoms with Crippen LogP contribution in [0.2, 0.25) is 0 Å². The fraction of sp³-hybridized carbons (Fsp3) is 0. The van der Waals surface area contributed by atoms with Crippen molar-refractivity contribution in [3.63, 3.8) is 0 Å². The van der Waals surface area contributed by atoms with Gasteiger partial charge in [-0.2, -0.15) is 16.8 Å². The first-order valence-corrected chi connectivity index (χ1v) is 11.6. The summed E-state index contributed by atoms with van der Waals surface area (Å²) in [6.07, 6.45) is 0. The number of hydrogen-bond donors (Lipinski definition) is 3. The van der Waals surface area contributed by atoms with E-state index in [1.54, 1.807) is 12.1 Å². The van der Waals surface area contributed by atoms with E-state index in [0.717, 1.165) is 29.0 Å². The number of fused-ring (bicyclic) bond motifs is 2. The molecule has 4 aromatic carbocycles. The van der Waals surface area contributed by atoms with Crippen LogP contribution in [0.5, 0.6) is 5.75 Å². The second-order valence-electron chi connectivity index (χ2n) is 6.60. The molecule has 4 rings (SSSR count). The van der Waals surface area contributed by atoms with Gasteiger partial charge in [0.1, 0.15) is 10.6 Å². The lowest BCUT2D eigenvalue weighted by Crippen LogP contribution is -2.00. The first kappa shape index (κ1) is 20.9. The number of rotatable bonds is 4. The van der Waals surface area contributed by atoms with E-state index in [4.69, 9.17) is 0 Å². The number of aromatic hydroxyl groups is 1. The molecule has 0 radical (unpaired) electrons. The Morgan fingerprint density at radius 1 is 0.677 bits per heavy atom. The van der Waals surface area contributed by atoms with Gasteiger partial charge in [-0.05, 0) is 35.0 Å². The molecule has 0 amide bonds. The van der Waals surface area contributed by atoms with Crippen LogP contribution >= 0.6 is 0 Å². The largest absolute Gasteiger partial charge is 0.504 e. The highest BCUT2D eigenvalue weighted by Gasteiger charge is 2.23. The van der Waals surface area contributed by atoms with Crippen molar-refractivity contribution in [2.75, 3.05) is 0 Å². The van der Waals surface area contributed by atoms with Crippen molar-refractivity contribution >= 4 is 53.2 Å². The molecule has 0 aliphatic rings. The van der Waals surface area contributed by atoms with E-state index in [2.05, 4.69) is 10.2 Å². The van der Waals surface area contributed by atoms with Gasteiger partial charge < -0.3 is 5.11 Å². The van der Waals surface area contributed by atoms with E-state index in [-0.39, 0.29) is 16.5 Å². The van der Waals surface area contributed by atoms with Crippen LogP contribution < -0.4 is 0 Å². The van der Waals surface area contributed by atoms with Crippen LogP contribution in [0.15, 0.2) is 86.7 Å². The number of hydrogen-bond acceptors (Lipinski definition) is 7. The summed E-state index contributed by atoms with van der Waals surface area (Å²) in [5, 5.41) is 20.4. The molecule has 31 heavy (non-hydrogen) atoms. The molecular weight excluding hydrogens is 444 g/mol. The van der Waals surface area contributed by atoms with E-state index < -0.39 is 35.8 Å². The first-order chi connectivity index (χ1) is 14.6. The van der Waals surface area contributed by atoms with Gasteiger partial charge in [-0.25, -0.2) is 0 Å². The van der Waals surface area contributed by atoms with E-state index >= 15 is 0 Å². The number of benzene rings is 4. The van der Waals surface area contributed by atoms with Crippen molar-refractivity contribution in [1.82, 2.24) is 0 Å². The van der Waals surface area contributed by atoms with Crippen LogP contribution in [0.1, 0.15) is 0 Å². The van der Waals surface area contributed by atoms with E-state index in [1.165, 1.54) is 6.07 Å². The van der Waals surface area contributed by atoms with Crippen LogP contribution in [0.25, 0.3) is 21.5 Å². The van der Waals surface area contributed by atoms with Crippen molar-refractivity contribution in [2.24, 2.45) is 10.2 Å². The van der Waals surface area contributed by atoms with Crippen LogP contribution in [0, 0.1) is 0 Å². The standard InChI is InChI=1S/C20H14N2O7S2/c23-20-18(31(27,28)29)11-13-10-14(30(24,25)26)8-9-16(13)19(20)22-21-17-7-3-5-12-4-1-2-6-15(12)17/h1-11,23H,(H,24,25,26)(H,27,28,29)/b22-21+. The number of phenols is 1. The monoisotopic (exact) mass is 458 g/mol. The third kappa shape index (κ3) is 3.99. The molecule has 9 nitrogen and oxygen atoms in total. The van der Waals surface area contributed by atoms with Gasteiger partial charge in [0, 0.05) is 10.8 Å². The predicted octanol–water partition coefficient (Wildman–Crippen LogP) is 4.61. The molecule has 0 bridgehead atoms. The Hall–Kier alpha value is -3.38. The second kappa shape index (κ2) is 7.39. The average Bonchev–Trinajstić information content (AvgIpc) is 2.71. The van der Waals surface area contributed by atoms with E-state index in [9.17, 15) is 31.0 Å². The normalized spacial score (nSPS) is 12.7. The summed E-state index contributed by atoms with van der Waals surface area (Å²) in [5.41, 5.74) is 0.150. The molecule has 0 fully saturated rings. The Morgan fingerprint density at radius 2 is 1.39 bits per heavy atom. The zero-order valence-electron chi connectivity index (χ0n) is 15.5. The van der Waals surface area contributed by atoms with Crippen LogP contribution in [0.4, 0.5) is 11.4 Å². The number of nitrogens with zero attached hydrogens (tertiary/aromatic N) is 2. The molecule has 3 N–H and O–H groups in total. The molecule has 4 aromatic rings. The SMILES string of the molecule is O=S(=O)(O)c1ccc2c(/N=N/c3cccc4ccccc34)c(O)c(S(=O)(=O)O)cc2c1. The van der Waals surface area contributed by atoms with Crippen LogP contribution in [0.3, 0.4) is 0 Å². The van der Waals surface area contributed by atoms with Crippen molar-refractivity contribution in [3.05, 3.63) is 66.7 Å². The molecule has 0 saturated heterocycles. The third-order valence-electron chi connectivity index (χ3n) is 4.62. The zero-order chi connectivity index (χ0) is 22.4. The fourth-order valence-corrected chi connectivity index (χ4v) is 4.32. The Balaban J connectivity index is 1.99. The van der Waals surface area contributed by atoms with Crippen molar-refractivity contribution in [1.29, 1.82) is 0 Å². The Bertz CT molecular complexity index is 1590. The molecular formula is C20H14N2O7S2. The van der Waals surface area contributed by atoms with Gasteiger partial charge in [0.2, 0.25) is 0 Å². The van der Waals surface area contributed by atoms with Crippen molar-refractivity contribution < 1.29 is 31.0 Å². The zero-order valence-corrected chi connectivity index (χ0v) is 17.2. The van der Waals surface area contributed by atoms with Crippen LogP contribution in [-0.2, 0) is 20.2 Å².